The second-order valence-electron chi connectivity index (χ2n) is 6.05. The molecule has 29 heavy (non-hydrogen) atoms. The van der Waals surface area contributed by atoms with E-state index in [1.807, 2.05) is 24.3 Å². The topological polar surface area (TPSA) is 92.9 Å². The summed E-state index contributed by atoms with van der Waals surface area (Å²) in [4.78, 5) is 12.5. The van der Waals surface area contributed by atoms with Crippen molar-refractivity contribution in [3.8, 4) is 23.0 Å². The Morgan fingerprint density at radius 1 is 1.10 bits per heavy atom. The maximum absolute atomic E-state index is 12.5. The monoisotopic (exact) mass is 414 g/mol. The number of nitrogens with zero attached hydrogens (tertiary/aromatic N) is 2. The molecule has 0 radical (unpaired) electrons. The molecule has 8 nitrogen and oxygen atoms in total. The molecule has 0 saturated heterocycles. The van der Waals surface area contributed by atoms with Crippen molar-refractivity contribution in [1.29, 1.82) is 0 Å². The highest BCUT2D eigenvalue weighted by atomic mass is 32.2. The number of carbonyl (C=O) groups excluding carboxylic acids is 1. The van der Waals surface area contributed by atoms with Crippen molar-refractivity contribution in [3.63, 3.8) is 0 Å². The zero-order chi connectivity index (χ0) is 20.2. The molecular weight excluding hydrogens is 396 g/mol. The number of hydrogen-bond acceptors (Lipinski definition) is 9. The summed E-state index contributed by atoms with van der Waals surface area (Å²) in [6, 6.07) is 12.4. The Kier molecular flexibility index (Phi) is 5.57. The predicted octanol–water partition coefficient (Wildman–Crippen LogP) is 3.57. The predicted molar refractivity (Wildman–Crippen MR) is 104 cm³/mol. The number of hydrogen-bond donors (Lipinski definition) is 0. The Bertz CT molecular complexity index is 1020. The van der Waals surface area contributed by atoms with Crippen LogP contribution in [0.25, 0.3) is 0 Å². The Balaban J connectivity index is 1.38. The summed E-state index contributed by atoms with van der Waals surface area (Å²) in [5, 5.41) is 8.30. The summed E-state index contributed by atoms with van der Waals surface area (Å²) >= 11 is 1.16. The van der Waals surface area contributed by atoms with Crippen molar-refractivity contribution in [3.05, 3.63) is 53.9 Å². The van der Waals surface area contributed by atoms with Crippen LogP contribution in [0.15, 0.2) is 52.1 Å². The normalized spacial score (nSPS) is 15.0. The molecule has 2 heterocycles. The molecule has 1 aliphatic rings. The average molecular weight is 414 g/mol. The number of para-hydroxylation sites is 2. The van der Waals surface area contributed by atoms with E-state index in [0.29, 0.717) is 34.5 Å². The molecule has 0 aliphatic carbocycles. The quantitative estimate of drug-likeness (QED) is 0.425. The standard InChI is InChI=1S/C20H18N2O6S/c1-24-14-8-7-12(9-17(14)25-2)13(23)11-29-20-22-21-19(28-20)18-10-26-15-5-3-4-6-16(15)27-18/h3-9,18H,10-11H2,1-2H3. The first kappa shape index (κ1) is 19.1. The molecule has 0 spiro atoms. The van der Waals surface area contributed by atoms with Gasteiger partial charge in [-0.3, -0.25) is 4.79 Å². The van der Waals surface area contributed by atoms with E-state index in [0.717, 1.165) is 11.8 Å². The highest BCUT2D eigenvalue weighted by molar-refractivity contribution is 7.99. The number of aromatic nitrogens is 2. The van der Waals surface area contributed by atoms with Crippen molar-refractivity contribution in [2.75, 3.05) is 26.6 Å². The number of Topliss-reactive ketones (excluding diaryl/α,β-unsaturated/α-hetero) is 1. The van der Waals surface area contributed by atoms with E-state index in [9.17, 15) is 4.79 Å². The number of ketones is 1. The molecule has 0 saturated carbocycles. The number of benzene rings is 2. The lowest BCUT2D eigenvalue weighted by Crippen LogP contribution is -2.21. The third-order valence-corrected chi connectivity index (χ3v) is 5.06. The van der Waals surface area contributed by atoms with Gasteiger partial charge in [-0.15, -0.1) is 10.2 Å². The van der Waals surface area contributed by atoms with Crippen LogP contribution in [-0.4, -0.2) is 42.6 Å². The van der Waals surface area contributed by atoms with Crippen LogP contribution >= 0.6 is 11.8 Å². The molecule has 3 aromatic rings. The minimum Gasteiger partial charge on any atom is -0.493 e. The fourth-order valence-corrected chi connectivity index (χ4v) is 3.43. The third-order valence-electron chi connectivity index (χ3n) is 4.24. The number of carbonyl (C=O) groups is 1. The zero-order valence-electron chi connectivity index (χ0n) is 15.8. The van der Waals surface area contributed by atoms with E-state index in [1.54, 1.807) is 25.3 Å². The Labute approximate surface area is 171 Å². The fraction of sp³-hybridized carbons (Fsp3) is 0.250. The average Bonchev–Trinajstić information content (AvgIpc) is 3.25. The molecule has 9 heteroatoms. The number of ether oxygens (including phenoxy) is 4. The second kappa shape index (κ2) is 8.44. The molecule has 0 bridgehead atoms. The molecule has 0 fully saturated rings. The molecule has 1 unspecified atom stereocenters. The van der Waals surface area contributed by atoms with Gasteiger partial charge in [0.2, 0.25) is 6.10 Å². The first-order valence-electron chi connectivity index (χ1n) is 8.78. The second-order valence-corrected chi connectivity index (χ2v) is 6.98. The highest BCUT2D eigenvalue weighted by Crippen LogP contribution is 2.36. The largest absolute Gasteiger partial charge is 0.493 e. The van der Waals surface area contributed by atoms with Crippen molar-refractivity contribution in [2.24, 2.45) is 0 Å². The van der Waals surface area contributed by atoms with Gasteiger partial charge in [-0.2, -0.15) is 0 Å². The summed E-state index contributed by atoms with van der Waals surface area (Å²) < 4.78 is 27.6. The van der Waals surface area contributed by atoms with Crippen molar-refractivity contribution < 1.29 is 28.2 Å². The molecule has 4 rings (SSSR count). The molecule has 1 aliphatic heterocycles. The van der Waals surface area contributed by atoms with Crippen LogP contribution in [-0.2, 0) is 0 Å². The molecule has 1 atom stereocenters. The van der Waals surface area contributed by atoms with Crippen molar-refractivity contribution >= 4 is 17.5 Å². The minimum atomic E-state index is -0.492. The lowest BCUT2D eigenvalue weighted by Gasteiger charge is -2.23. The van der Waals surface area contributed by atoms with Crippen LogP contribution in [0.4, 0.5) is 0 Å². The Morgan fingerprint density at radius 3 is 2.69 bits per heavy atom. The van der Waals surface area contributed by atoms with Crippen LogP contribution in [0.2, 0.25) is 0 Å². The van der Waals surface area contributed by atoms with Crippen LogP contribution < -0.4 is 18.9 Å². The first-order chi connectivity index (χ1) is 14.2. The third kappa shape index (κ3) is 4.14. The summed E-state index contributed by atoms with van der Waals surface area (Å²) in [5.74, 6) is 2.72. The van der Waals surface area contributed by atoms with Gasteiger partial charge < -0.3 is 23.4 Å². The van der Waals surface area contributed by atoms with E-state index in [2.05, 4.69) is 10.2 Å². The maximum Gasteiger partial charge on any atom is 0.277 e. The van der Waals surface area contributed by atoms with E-state index in [-0.39, 0.29) is 23.4 Å². The van der Waals surface area contributed by atoms with Crippen LogP contribution in [0.5, 0.6) is 23.0 Å². The van der Waals surface area contributed by atoms with Gasteiger partial charge in [0.1, 0.15) is 6.61 Å². The summed E-state index contributed by atoms with van der Waals surface area (Å²) in [6.07, 6.45) is -0.492. The van der Waals surface area contributed by atoms with E-state index < -0.39 is 6.10 Å². The van der Waals surface area contributed by atoms with Gasteiger partial charge in [0.05, 0.1) is 20.0 Å². The van der Waals surface area contributed by atoms with Crippen LogP contribution in [0.3, 0.4) is 0 Å². The number of rotatable bonds is 7. The zero-order valence-corrected chi connectivity index (χ0v) is 16.6. The van der Waals surface area contributed by atoms with Gasteiger partial charge in [-0.05, 0) is 30.3 Å². The number of methoxy groups -OCH3 is 2. The van der Waals surface area contributed by atoms with Crippen LogP contribution in [0, 0.1) is 0 Å². The molecule has 1 aromatic heterocycles. The van der Waals surface area contributed by atoms with Crippen molar-refractivity contribution in [2.45, 2.75) is 11.3 Å². The highest BCUT2D eigenvalue weighted by Gasteiger charge is 2.27. The van der Waals surface area contributed by atoms with E-state index >= 15 is 0 Å². The fourth-order valence-electron chi connectivity index (χ4n) is 2.77. The van der Waals surface area contributed by atoms with Gasteiger partial charge in [0.15, 0.2) is 28.8 Å². The summed E-state index contributed by atoms with van der Waals surface area (Å²) in [5.41, 5.74) is 0.510. The van der Waals surface area contributed by atoms with E-state index in [1.165, 1.54) is 7.11 Å². The molecule has 0 amide bonds. The molecule has 2 aromatic carbocycles. The van der Waals surface area contributed by atoms with E-state index in [4.69, 9.17) is 23.4 Å². The van der Waals surface area contributed by atoms with Gasteiger partial charge in [0.25, 0.3) is 11.1 Å². The van der Waals surface area contributed by atoms with Crippen LogP contribution in [0.1, 0.15) is 22.4 Å². The van der Waals surface area contributed by atoms with Gasteiger partial charge >= 0.3 is 0 Å². The Morgan fingerprint density at radius 2 is 1.90 bits per heavy atom. The molecule has 150 valence electrons. The van der Waals surface area contributed by atoms with Gasteiger partial charge in [-0.25, -0.2) is 0 Å². The maximum atomic E-state index is 12.5. The lowest BCUT2D eigenvalue weighted by molar-refractivity contribution is 0.0686. The summed E-state index contributed by atoms with van der Waals surface area (Å²) in [6.45, 7) is 0.272. The number of fused-ring (bicyclic) bond motifs is 1. The first-order valence-corrected chi connectivity index (χ1v) is 9.76. The smallest absolute Gasteiger partial charge is 0.277 e. The lowest BCUT2D eigenvalue weighted by atomic mass is 10.1. The van der Waals surface area contributed by atoms with Gasteiger partial charge in [0, 0.05) is 5.56 Å². The minimum absolute atomic E-state index is 0.0955. The SMILES string of the molecule is COc1ccc(C(=O)CSc2nnc(C3COc4ccccc4O3)o2)cc1OC. The number of thioether (sulfide) groups is 1. The molecular formula is C20H18N2O6S. The van der Waals surface area contributed by atoms with Gasteiger partial charge in [-0.1, -0.05) is 23.9 Å². The molecule has 0 N–H and O–H groups in total. The summed E-state index contributed by atoms with van der Waals surface area (Å²) in [7, 11) is 3.07. The Hall–Kier alpha value is -3.20. The van der Waals surface area contributed by atoms with Crippen molar-refractivity contribution in [1.82, 2.24) is 10.2 Å².